The van der Waals surface area contributed by atoms with Gasteiger partial charge in [0.05, 0.1) is 12.7 Å². The second-order valence-corrected chi connectivity index (χ2v) is 4.06. The lowest BCUT2D eigenvalue weighted by Crippen LogP contribution is -2.17. The van der Waals surface area contributed by atoms with Gasteiger partial charge in [0.25, 0.3) is 0 Å². The maximum Gasteiger partial charge on any atom is 0.180 e. The maximum absolute atomic E-state index is 5.93. The van der Waals surface area contributed by atoms with E-state index in [2.05, 4.69) is 17.2 Å². The quantitative estimate of drug-likeness (QED) is 0.886. The molecule has 0 unspecified atom stereocenters. The molecule has 2 aromatic rings. The summed E-state index contributed by atoms with van der Waals surface area (Å²) in [5.41, 5.74) is 1.16. The van der Waals surface area contributed by atoms with E-state index in [1.807, 2.05) is 24.3 Å². The number of aromatic nitrogens is 1. The van der Waals surface area contributed by atoms with Crippen molar-refractivity contribution in [2.24, 2.45) is 0 Å². The summed E-state index contributed by atoms with van der Waals surface area (Å²) in [4.78, 5) is 3.86. The van der Waals surface area contributed by atoms with Crippen LogP contribution in [-0.2, 0) is 6.54 Å². The van der Waals surface area contributed by atoms with Crippen LogP contribution in [0.25, 0.3) is 0 Å². The molecular formula is C12H13ClN2O. The summed E-state index contributed by atoms with van der Waals surface area (Å²) in [5, 5.41) is 4.09. The molecule has 0 bridgehead atoms. The normalized spacial score (nSPS) is 12.6. The Morgan fingerprint density at radius 2 is 2.38 bits per heavy atom. The number of nitrogens with zero attached hydrogens (tertiary/aromatic N) is 1. The fraction of sp³-hybridized carbons (Fsp3) is 0.250. The summed E-state index contributed by atoms with van der Waals surface area (Å²) in [5.74, 6) is 0.828. The Morgan fingerprint density at radius 3 is 3.06 bits per heavy atom. The van der Waals surface area contributed by atoms with Crippen molar-refractivity contribution in [3.05, 3.63) is 53.2 Å². The van der Waals surface area contributed by atoms with Crippen molar-refractivity contribution in [3.8, 4) is 0 Å². The van der Waals surface area contributed by atoms with Crippen LogP contribution in [0, 0.1) is 0 Å². The smallest absolute Gasteiger partial charge is 0.180 e. The highest BCUT2D eigenvalue weighted by molar-refractivity contribution is 6.30. The van der Waals surface area contributed by atoms with E-state index in [0.717, 1.165) is 16.3 Å². The van der Waals surface area contributed by atoms with Crippen LogP contribution in [-0.4, -0.2) is 4.98 Å². The first-order valence-corrected chi connectivity index (χ1v) is 5.50. The van der Waals surface area contributed by atoms with Gasteiger partial charge < -0.3 is 9.73 Å². The molecule has 0 amide bonds. The highest BCUT2D eigenvalue weighted by Gasteiger charge is 2.06. The second kappa shape index (κ2) is 5.14. The van der Waals surface area contributed by atoms with E-state index in [-0.39, 0.29) is 6.04 Å². The molecular weight excluding hydrogens is 224 g/mol. The molecule has 2 rings (SSSR count). The van der Waals surface area contributed by atoms with Crippen LogP contribution in [0.1, 0.15) is 24.3 Å². The Morgan fingerprint density at radius 1 is 1.50 bits per heavy atom. The summed E-state index contributed by atoms with van der Waals surface area (Å²) >= 11 is 5.93. The standard InChI is InChI=1S/C12H13ClN2O/c1-9(10-3-2-4-11(13)5-10)15-7-12-6-14-8-16-12/h2-6,8-9,15H,7H2,1H3/t9-/m0/s1. The van der Waals surface area contributed by atoms with Crippen LogP contribution < -0.4 is 5.32 Å². The van der Waals surface area contributed by atoms with E-state index in [1.165, 1.54) is 6.39 Å². The number of halogens is 1. The van der Waals surface area contributed by atoms with Crippen LogP contribution >= 0.6 is 11.6 Å². The average Bonchev–Trinajstić information content (AvgIpc) is 2.78. The van der Waals surface area contributed by atoms with Crippen LogP contribution in [0.2, 0.25) is 5.02 Å². The van der Waals surface area contributed by atoms with Crippen LogP contribution in [0.5, 0.6) is 0 Å². The van der Waals surface area contributed by atoms with Gasteiger partial charge >= 0.3 is 0 Å². The molecule has 84 valence electrons. The Balaban J connectivity index is 1.95. The third kappa shape index (κ3) is 2.84. The van der Waals surface area contributed by atoms with Crippen LogP contribution in [0.15, 0.2) is 41.3 Å². The molecule has 16 heavy (non-hydrogen) atoms. The summed E-state index contributed by atoms with van der Waals surface area (Å²) in [6, 6.07) is 8.05. The summed E-state index contributed by atoms with van der Waals surface area (Å²) < 4.78 is 5.14. The van der Waals surface area contributed by atoms with Gasteiger partial charge in [-0.25, -0.2) is 4.98 Å². The van der Waals surface area contributed by atoms with E-state index < -0.39 is 0 Å². The zero-order chi connectivity index (χ0) is 11.4. The molecule has 4 heteroatoms. The van der Waals surface area contributed by atoms with Crippen molar-refractivity contribution in [2.75, 3.05) is 0 Å². The molecule has 0 aliphatic carbocycles. The van der Waals surface area contributed by atoms with Crippen molar-refractivity contribution >= 4 is 11.6 Å². The Hall–Kier alpha value is -1.32. The van der Waals surface area contributed by atoms with Gasteiger partial charge in [-0.05, 0) is 24.6 Å². The fourth-order valence-corrected chi connectivity index (χ4v) is 1.68. The fourth-order valence-electron chi connectivity index (χ4n) is 1.48. The molecule has 1 N–H and O–H groups in total. The monoisotopic (exact) mass is 236 g/mol. The van der Waals surface area contributed by atoms with E-state index in [1.54, 1.807) is 6.20 Å². The van der Waals surface area contributed by atoms with E-state index in [0.29, 0.717) is 6.54 Å². The molecule has 1 aromatic carbocycles. The lowest BCUT2D eigenvalue weighted by molar-refractivity contribution is 0.458. The molecule has 0 fully saturated rings. The number of rotatable bonds is 4. The van der Waals surface area contributed by atoms with Crippen molar-refractivity contribution in [1.29, 1.82) is 0 Å². The van der Waals surface area contributed by atoms with E-state index >= 15 is 0 Å². The van der Waals surface area contributed by atoms with Crippen LogP contribution in [0.4, 0.5) is 0 Å². The molecule has 1 heterocycles. The van der Waals surface area contributed by atoms with Gasteiger partial charge in [0.1, 0.15) is 5.76 Å². The third-order valence-corrected chi connectivity index (χ3v) is 2.65. The molecule has 0 saturated carbocycles. The van der Waals surface area contributed by atoms with Gasteiger partial charge in [-0.15, -0.1) is 0 Å². The van der Waals surface area contributed by atoms with Gasteiger partial charge in [0, 0.05) is 11.1 Å². The number of nitrogens with one attached hydrogen (secondary N) is 1. The number of benzene rings is 1. The van der Waals surface area contributed by atoms with Gasteiger partial charge in [0.2, 0.25) is 0 Å². The molecule has 0 spiro atoms. The lowest BCUT2D eigenvalue weighted by atomic mass is 10.1. The maximum atomic E-state index is 5.93. The van der Waals surface area contributed by atoms with Crippen molar-refractivity contribution < 1.29 is 4.42 Å². The minimum absolute atomic E-state index is 0.226. The minimum Gasteiger partial charge on any atom is -0.447 e. The summed E-state index contributed by atoms with van der Waals surface area (Å²) in [6.45, 7) is 2.75. The molecule has 0 saturated heterocycles. The predicted molar refractivity (Wildman–Crippen MR) is 63.2 cm³/mol. The van der Waals surface area contributed by atoms with Gasteiger partial charge in [-0.1, -0.05) is 23.7 Å². The third-order valence-electron chi connectivity index (χ3n) is 2.41. The molecule has 3 nitrogen and oxygen atoms in total. The highest BCUT2D eigenvalue weighted by Crippen LogP contribution is 2.17. The largest absolute Gasteiger partial charge is 0.447 e. The topological polar surface area (TPSA) is 38.1 Å². The number of oxazole rings is 1. The van der Waals surface area contributed by atoms with E-state index in [9.17, 15) is 0 Å². The van der Waals surface area contributed by atoms with E-state index in [4.69, 9.17) is 16.0 Å². The average molecular weight is 237 g/mol. The molecule has 1 atom stereocenters. The Labute approximate surface area is 99.5 Å². The molecule has 1 aromatic heterocycles. The number of hydrogen-bond acceptors (Lipinski definition) is 3. The first-order chi connectivity index (χ1) is 7.75. The lowest BCUT2D eigenvalue weighted by Gasteiger charge is -2.13. The SMILES string of the molecule is C[C@H](NCc1cnco1)c1cccc(Cl)c1. The van der Waals surface area contributed by atoms with Gasteiger partial charge in [-0.2, -0.15) is 0 Å². The Kier molecular flexibility index (Phi) is 3.59. The molecule has 0 aliphatic rings. The van der Waals surface area contributed by atoms with Crippen molar-refractivity contribution in [3.63, 3.8) is 0 Å². The molecule has 0 radical (unpaired) electrons. The Bertz CT molecular complexity index is 442. The zero-order valence-electron chi connectivity index (χ0n) is 8.98. The first-order valence-electron chi connectivity index (χ1n) is 5.12. The summed E-state index contributed by atoms with van der Waals surface area (Å²) in [6.07, 6.45) is 3.14. The van der Waals surface area contributed by atoms with Gasteiger partial charge in [0.15, 0.2) is 6.39 Å². The first kappa shape index (κ1) is 11.2. The zero-order valence-corrected chi connectivity index (χ0v) is 9.74. The number of hydrogen-bond donors (Lipinski definition) is 1. The van der Waals surface area contributed by atoms with Crippen molar-refractivity contribution in [1.82, 2.24) is 10.3 Å². The summed E-state index contributed by atoms with van der Waals surface area (Å²) in [7, 11) is 0. The van der Waals surface area contributed by atoms with Crippen molar-refractivity contribution in [2.45, 2.75) is 19.5 Å². The minimum atomic E-state index is 0.226. The van der Waals surface area contributed by atoms with Gasteiger partial charge in [-0.3, -0.25) is 0 Å². The second-order valence-electron chi connectivity index (χ2n) is 3.63. The highest BCUT2D eigenvalue weighted by atomic mass is 35.5. The molecule has 0 aliphatic heterocycles. The van der Waals surface area contributed by atoms with Crippen LogP contribution in [0.3, 0.4) is 0 Å². The predicted octanol–water partition coefficient (Wildman–Crippen LogP) is 3.18.